The molecule has 150 valence electrons. The van der Waals surface area contributed by atoms with Crippen LogP contribution in [0.3, 0.4) is 0 Å². The first-order valence-electron chi connectivity index (χ1n) is 9.72. The highest BCUT2D eigenvalue weighted by Gasteiger charge is 2.34. The molecule has 1 saturated heterocycles. The van der Waals surface area contributed by atoms with E-state index in [1.54, 1.807) is 12.0 Å². The third-order valence-electron chi connectivity index (χ3n) is 5.15. The average molecular weight is 392 g/mol. The molecule has 4 rings (SSSR count). The molecule has 7 heteroatoms. The Hall–Kier alpha value is -3.35. The summed E-state index contributed by atoms with van der Waals surface area (Å²) in [5, 5.41) is 7.10. The summed E-state index contributed by atoms with van der Waals surface area (Å²) in [6.45, 7) is 3.19. The van der Waals surface area contributed by atoms with Crippen molar-refractivity contribution in [2.45, 2.75) is 32.4 Å². The van der Waals surface area contributed by atoms with Crippen LogP contribution in [0, 0.1) is 6.92 Å². The minimum Gasteiger partial charge on any atom is -0.496 e. The molecule has 1 unspecified atom stereocenters. The zero-order valence-electron chi connectivity index (χ0n) is 16.6. The van der Waals surface area contributed by atoms with Crippen LogP contribution in [0.2, 0.25) is 0 Å². The number of methoxy groups -OCH3 is 1. The third kappa shape index (κ3) is 4.08. The van der Waals surface area contributed by atoms with E-state index >= 15 is 0 Å². The van der Waals surface area contributed by atoms with Crippen LogP contribution in [0.15, 0.2) is 53.1 Å². The van der Waals surface area contributed by atoms with E-state index in [9.17, 15) is 4.79 Å². The lowest BCUT2D eigenvalue weighted by atomic mass is 10.1. The fraction of sp³-hybridized carbons (Fsp3) is 0.318. The molecule has 2 amide bonds. The van der Waals surface area contributed by atoms with Crippen molar-refractivity contribution in [2.75, 3.05) is 13.7 Å². The first-order chi connectivity index (χ1) is 14.2. The molecule has 3 aromatic rings. The highest BCUT2D eigenvalue weighted by molar-refractivity contribution is 5.75. The van der Waals surface area contributed by atoms with Gasteiger partial charge in [0.1, 0.15) is 11.8 Å². The number of amides is 2. The zero-order chi connectivity index (χ0) is 20.2. The molecule has 29 heavy (non-hydrogen) atoms. The normalized spacial score (nSPS) is 16.1. The molecular weight excluding hydrogens is 368 g/mol. The molecule has 0 saturated carbocycles. The SMILES string of the molecule is COc1ccccc1-c1noc(C2CCCN2C(=O)NCc2ccc(C)cc2)n1. The number of nitrogens with one attached hydrogen (secondary N) is 1. The molecule has 1 atom stereocenters. The molecule has 2 heterocycles. The summed E-state index contributed by atoms with van der Waals surface area (Å²) in [4.78, 5) is 19.1. The third-order valence-corrected chi connectivity index (χ3v) is 5.15. The molecule has 1 fully saturated rings. The first-order valence-corrected chi connectivity index (χ1v) is 9.72. The van der Waals surface area contributed by atoms with Gasteiger partial charge in [0.15, 0.2) is 0 Å². The maximum Gasteiger partial charge on any atom is 0.318 e. The van der Waals surface area contributed by atoms with Gasteiger partial charge in [-0.3, -0.25) is 0 Å². The summed E-state index contributed by atoms with van der Waals surface area (Å²) in [6, 6.07) is 15.3. The number of para-hydroxylation sites is 1. The van der Waals surface area contributed by atoms with Crippen LogP contribution in [0.25, 0.3) is 11.4 Å². The van der Waals surface area contributed by atoms with Gasteiger partial charge < -0.3 is 19.5 Å². The lowest BCUT2D eigenvalue weighted by Crippen LogP contribution is -2.39. The van der Waals surface area contributed by atoms with Crippen LogP contribution < -0.4 is 10.1 Å². The van der Waals surface area contributed by atoms with E-state index in [4.69, 9.17) is 9.26 Å². The summed E-state index contributed by atoms with van der Waals surface area (Å²) in [5.41, 5.74) is 3.02. The number of likely N-dealkylation sites (tertiary alicyclic amines) is 1. The van der Waals surface area contributed by atoms with Gasteiger partial charge in [0, 0.05) is 13.1 Å². The highest BCUT2D eigenvalue weighted by Crippen LogP contribution is 2.33. The van der Waals surface area contributed by atoms with Crippen molar-refractivity contribution in [1.82, 2.24) is 20.4 Å². The maximum atomic E-state index is 12.8. The van der Waals surface area contributed by atoms with Gasteiger partial charge in [0.2, 0.25) is 11.7 Å². The number of rotatable bonds is 5. The second kappa shape index (κ2) is 8.34. The van der Waals surface area contributed by atoms with Gasteiger partial charge in [-0.1, -0.05) is 47.1 Å². The van der Waals surface area contributed by atoms with Crippen LogP contribution in [0.5, 0.6) is 5.75 Å². The van der Waals surface area contributed by atoms with E-state index < -0.39 is 0 Å². The van der Waals surface area contributed by atoms with Gasteiger partial charge in [-0.25, -0.2) is 4.79 Å². The van der Waals surface area contributed by atoms with E-state index in [0.29, 0.717) is 30.6 Å². The Bertz CT molecular complexity index is 984. The number of hydrogen-bond donors (Lipinski definition) is 1. The first kappa shape index (κ1) is 19.0. The van der Waals surface area contributed by atoms with Crippen molar-refractivity contribution in [3.63, 3.8) is 0 Å². The smallest absolute Gasteiger partial charge is 0.318 e. The second-order valence-corrected chi connectivity index (χ2v) is 7.15. The summed E-state index contributed by atoms with van der Waals surface area (Å²) in [7, 11) is 1.61. The summed E-state index contributed by atoms with van der Waals surface area (Å²) in [6.07, 6.45) is 1.69. The standard InChI is InChI=1S/C22H24N4O3/c1-15-9-11-16(12-10-15)14-23-22(27)26-13-5-7-18(26)21-24-20(25-29-21)17-6-3-4-8-19(17)28-2/h3-4,6,8-12,18H,5,7,13-14H2,1-2H3,(H,23,27). The minimum absolute atomic E-state index is 0.120. The predicted octanol–water partition coefficient (Wildman–Crippen LogP) is 4.10. The lowest BCUT2D eigenvalue weighted by molar-refractivity contribution is 0.180. The summed E-state index contributed by atoms with van der Waals surface area (Å²) < 4.78 is 10.9. The minimum atomic E-state index is -0.219. The van der Waals surface area contributed by atoms with E-state index in [1.165, 1.54) is 5.56 Å². The largest absolute Gasteiger partial charge is 0.496 e. The number of aromatic nitrogens is 2. The van der Waals surface area contributed by atoms with Crippen LogP contribution in [-0.4, -0.2) is 34.7 Å². The number of ether oxygens (including phenoxy) is 1. The van der Waals surface area contributed by atoms with E-state index in [0.717, 1.165) is 24.0 Å². The van der Waals surface area contributed by atoms with Crippen LogP contribution in [0.1, 0.15) is 35.9 Å². The molecule has 0 spiro atoms. The van der Waals surface area contributed by atoms with Crippen molar-refractivity contribution in [2.24, 2.45) is 0 Å². The average Bonchev–Trinajstić information content (AvgIpc) is 3.42. The monoisotopic (exact) mass is 392 g/mol. The van der Waals surface area contributed by atoms with Crippen LogP contribution >= 0.6 is 0 Å². The molecule has 1 N–H and O–H groups in total. The Morgan fingerprint density at radius 1 is 1.24 bits per heavy atom. The molecular formula is C22H24N4O3. The Morgan fingerprint density at radius 2 is 2.03 bits per heavy atom. The quantitative estimate of drug-likeness (QED) is 0.707. The Labute approximate surface area is 169 Å². The van der Waals surface area contributed by atoms with Gasteiger partial charge >= 0.3 is 6.03 Å². The molecule has 1 aliphatic rings. The molecule has 0 radical (unpaired) electrons. The van der Waals surface area contributed by atoms with Crippen LogP contribution in [-0.2, 0) is 6.54 Å². The van der Waals surface area contributed by atoms with Gasteiger partial charge in [0.05, 0.1) is 12.7 Å². The Morgan fingerprint density at radius 3 is 2.83 bits per heavy atom. The van der Waals surface area contributed by atoms with Gasteiger partial charge in [0.25, 0.3) is 0 Å². The highest BCUT2D eigenvalue weighted by atomic mass is 16.5. The molecule has 1 aromatic heterocycles. The summed E-state index contributed by atoms with van der Waals surface area (Å²) >= 11 is 0. The number of urea groups is 1. The van der Waals surface area contributed by atoms with Gasteiger partial charge in [-0.15, -0.1) is 0 Å². The topological polar surface area (TPSA) is 80.5 Å². The van der Waals surface area contributed by atoms with Crippen LogP contribution in [0.4, 0.5) is 4.79 Å². The van der Waals surface area contributed by atoms with E-state index in [2.05, 4.69) is 15.5 Å². The van der Waals surface area contributed by atoms with E-state index in [-0.39, 0.29) is 12.1 Å². The molecule has 7 nitrogen and oxygen atoms in total. The maximum absolute atomic E-state index is 12.8. The number of carbonyl (C=O) groups excluding carboxylic acids is 1. The van der Waals surface area contributed by atoms with Crippen molar-refractivity contribution >= 4 is 6.03 Å². The number of carbonyl (C=O) groups is 1. The fourth-order valence-corrected chi connectivity index (χ4v) is 3.56. The second-order valence-electron chi connectivity index (χ2n) is 7.15. The van der Waals surface area contributed by atoms with E-state index in [1.807, 2.05) is 55.5 Å². The summed E-state index contributed by atoms with van der Waals surface area (Å²) in [5.74, 6) is 1.59. The molecule has 0 aliphatic carbocycles. The van der Waals surface area contributed by atoms with Crippen molar-refractivity contribution in [1.29, 1.82) is 0 Å². The lowest BCUT2D eigenvalue weighted by Gasteiger charge is -2.22. The molecule has 1 aliphatic heterocycles. The fourth-order valence-electron chi connectivity index (χ4n) is 3.56. The molecule has 2 aromatic carbocycles. The van der Waals surface area contributed by atoms with Gasteiger partial charge in [-0.2, -0.15) is 4.98 Å². The van der Waals surface area contributed by atoms with Crippen molar-refractivity contribution in [3.05, 3.63) is 65.5 Å². The number of hydrogen-bond acceptors (Lipinski definition) is 5. The number of aryl methyl sites for hydroxylation is 1. The Balaban J connectivity index is 1.46. The Kier molecular flexibility index (Phi) is 5.46. The van der Waals surface area contributed by atoms with Gasteiger partial charge in [-0.05, 0) is 37.5 Å². The molecule has 0 bridgehead atoms. The number of benzene rings is 2. The predicted molar refractivity (Wildman–Crippen MR) is 108 cm³/mol. The van der Waals surface area contributed by atoms with Crippen molar-refractivity contribution in [3.8, 4) is 17.1 Å². The zero-order valence-corrected chi connectivity index (χ0v) is 16.6. The number of nitrogens with zero attached hydrogens (tertiary/aromatic N) is 3. The van der Waals surface area contributed by atoms with Crippen molar-refractivity contribution < 1.29 is 14.1 Å².